The Balaban J connectivity index is 3.26. The standard InChI is InChI=1S/C7H12F3NO2S/c1-2-11-6(12)13-3-4-14-5-7(8,9)10/h2-5H2,1H3,(H,11,12). The number of carbonyl (C=O) groups excluding carboxylic acids is 1. The number of alkyl halides is 3. The van der Waals surface area contributed by atoms with Crippen LogP contribution in [0.15, 0.2) is 0 Å². The zero-order chi connectivity index (χ0) is 11.0. The number of hydrogen-bond donors (Lipinski definition) is 1. The van der Waals surface area contributed by atoms with E-state index in [1.807, 2.05) is 0 Å². The van der Waals surface area contributed by atoms with Crippen LogP contribution >= 0.6 is 11.8 Å². The van der Waals surface area contributed by atoms with E-state index in [0.717, 1.165) is 0 Å². The molecule has 7 heteroatoms. The zero-order valence-electron chi connectivity index (χ0n) is 7.69. The van der Waals surface area contributed by atoms with Crippen LogP contribution in [0.5, 0.6) is 0 Å². The van der Waals surface area contributed by atoms with Crippen LogP contribution in [0.4, 0.5) is 18.0 Å². The molecule has 0 spiro atoms. The van der Waals surface area contributed by atoms with Gasteiger partial charge in [-0.25, -0.2) is 4.79 Å². The molecule has 0 aromatic rings. The van der Waals surface area contributed by atoms with Crippen LogP contribution in [0.25, 0.3) is 0 Å². The third-order valence-corrected chi connectivity index (χ3v) is 2.03. The smallest absolute Gasteiger partial charge is 0.407 e. The first-order valence-corrected chi connectivity index (χ1v) is 5.16. The molecule has 0 bridgehead atoms. The molecule has 0 rings (SSSR count). The molecule has 3 nitrogen and oxygen atoms in total. The molecule has 14 heavy (non-hydrogen) atoms. The highest BCUT2D eigenvalue weighted by molar-refractivity contribution is 7.99. The van der Waals surface area contributed by atoms with Crippen molar-refractivity contribution in [1.82, 2.24) is 5.32 Å². The van der Waals surface area contributed by atoms with E-state index < -0.39 is 18.0 Å². The molecule has 0 aliphatic heterocycles. The summed E-state index contributed by atoms with van der Waals surface area (Å²) in [4.78, 5) is 10.6. The largest absolute Gasteiger partial charge is 0.449 e. The molecule has 1 amide bonds. The number of carbonyl (C=O) groups is 1. The van der Waals surface area contributed by atoms with E-state index in [1.54, 1.807) is 6.92 Å². The van der Waals surface area contributed by atoms with E-state index >= 15 is 0 Å². The number of hydrogen-bond acceptors (Lipinski definition) is 3. The SMILES string of the molecule is CCNC(=O)OCCSCC(F)(F)F. The lowest BCUT2D eigenvalue weighted by molar-refractivity contribution is -0.105. The summed E-state index contributed by atoms with van der Waals surface area (Å²) in [5.74, 6) is -0.762. The Hall–Kier alpha value is -0.590. The molecular formula is C7H12F3NO2S. The predicted octanol–water partition coefficient (Wildman–Crippen LogP) is 2.03. The monoisotopic (exact) mass is 231 g/mol. The minimum absolute atomic E-state index is 0.00736. The molecule has 0 saturated heterocycles. The predicted molar refractivity (Wildman–Crippen MR) is 48.4 cm³/mol. The van der Waals surface area contributed by atoms with Crippen LogP contribution in [-0.4, -0.2) is 36.9 Å². The number of nitrogens with one attached hydrogen (secondary N) is 1. The highest BCUT2D eigenvalue weighted by Crippen LogP contribution is 2.20. The molecule has 84 valence electrons. The lowest BCUT2D eigenvalue weighted by Gasteiger charge is -2.06. The molecular weight excluding hydrogens is 219 g/mol. The van der Waals surface area contributed by atoms with Crippen molar-refractivity contribution in [3.63, 3.8) is 0 Å². The van der Waals surface area contributed by atoms with Gasteiger partial charge in [0.15, 0.2) is 0 Å². The van der Waals surface area contributed by atoms with Crippen molar-refractivity contribution in [2.45, 2.75) is 13.1 Å². The topological polar surface area (TPSA) is 38.3 Å². The van der Waals surface area contributed by atoms with Crippen molar-refractivity contribution < 1.29 is 22.7 Å². The van der Waals surface area contributed by atoms with Gasteiger partial charge in [0, 0.05) is 12.3 Å². The van der Waals surface area contributed by atoms with Crippen molar-refractivity contribution in [3.05, 3.63) is 0 Å². The van der Waals surface area contributed by atoms with Gasteiger partial charge in [-0.15, -0.1) is 11.8 Å². The third kappa shape index (κ3) is 9.50. The highest BCUT2D eigenvalue weighted by Gasteiger charge is 2.26. The Morgan fingerprint density at radius 2 is 2.14 bits per heavy atom. The molecule has 0 heterocycles. The molecule has 1 N–H and O–H groups in total. The second-order valence-electron chi connectivity index (χ2n) is 2.33. The van der Waals surface area contributed by atoms with E-state index in [1.165, 1.54) is 0 Å². The number of halogens is 3. The lowest BCUT2D eigenvalue weighted by atomic mass is 10.7. The van der Waals surface area contributed by atoms with Gasteiger partial charge in [0.2, 0.25) is 0 Å². The van der Waals surface area contributed by atoms with Gasteiger partial charge in [0.25, 0.3) is 0 Å². The van der Waals surface area contributed by atoms with E-state index in [2.05, 4.69) is 10.1 Å². The van der Waals surface area contributed by atoms with Crippen LogP contribution in [0.2, 0.25) is 0 Å². The van der Waals surface area contributed by atoms with Crippen LogP contribution in [-0.2, 0) is 4.74 Å². The third-order valence-electron chi connectivity index (χ3n) is 1.05. The molecule has 0 atom stereocenters. The van der Waals surface area contributed by atoms with Gasteiger partial charge in [0.1, 0.15) is 6.61 Å². The molecule has 0 saturated carbocycles. The fourth-order valence-electron chi connectivity index (χ4n) is 0.577. The summed E-state index contributed by atoms with van der Waals surface area (Å²) in [7, 11) is 0. The van der Waals surface area contributed by atoms with Gasteiger partial charge in [-0.2, -0.15) is 13.2 Å². The maximum absolute atomic E-state index is 11.6. The quantitative estimate of drug-likeness (QED) is 0.736. The Kier molecular flexibility index (Phi) is 6.52. The number of ether oxygens (including phenoxy) is 1. The normalized spacial score (nSPS) is 11.1. The Bertz CT molecular complexity index is 175. The fourth-order valence-corrected chi connectivity index (χ4v) is 1.15. The number of amides is 1. The van der Waals surface area contributed by atoms with Gasteiger partial charge in [-0.1, -0.05) is 0 Å². The van der Waals surface area contributed by atoms with Crippen molar-refractivity contribution >= 4 is 17.9 Å². The molecule has 0 aromatic heterocycles. The van der Waals surface area contributed by atoms with Crippen LogP contribution < -0.4 is 5.32 Å². The number of alkyl carbamates (subject to hydrolysis) is 1. The van der Waals surface area contributed by atoms with Gasteiger partial charge in [-0.05, 0) is 6.92 Å². The number of thioether (sulfide) groups is 1. The maximum Gasteiger partial charge on any atom is 0.407 e. The molecule has 0 aliphatic carbocycles. The molecule has 0 radical (unpaired) electrons. The second kappa shape index (κ2) is 6.80. The van der Waals surface area contributed by atoms with Crippen LogP contribution in [0, 0.1) is 0 Å². The summed E-state index contributed by atoms with van der Waals surface area (Å²) in [6, 6.07) is 0. The van der Waals surface area contributed by atoms with E-state index in [-0.39, 0.29) is 12.4 Å². The van der Waals surface area contributed by atoms with E-state index in [4.69, 9.17) is 0 Å². The maximum atomic E-state index is 11.6. The van der Waals surface area contributed by atoms with Crippen molar-refractivity contribution in [2.24, 2.45) is 0 Å². The minimum atomic E-state index is -4.16. The Labute approximate surface area is 84.4 Å². The second-order valence-corrected chi connectivity index (χ2v) is 3.44. The summed E-state index contributed by atoms with van der Waals surface area (Å²) >= 11 is 0.690. The summed E-state index contributed by atoms with van der Waals surface area (Å²) in [6.07, 6.45) is -4.75. The van der Waals surface area contributed by atoms with E-state index in [0.29, 0.717) is 18.3 Å². The minimum Gasteiger partial charge on any atom is -0.449 e. The highest BCUT2D eigenvalue weighted by atomic mass is 32.2. The van der Waals surface area contributed by atoms with Gasteiger partial charge in [0.05, 0.1) is 5.75 Å². The van der Waals surface area contributed by atoms with Crippen molar-refractivity contribution in [1.29, 1.82) is 0 Å². The van der Waals surface area contributed by atoms with Gasteiger partial charge in [-0.3, -0.25) is 0 Å². The fraction of sp³-hybridized carbons (Fsp3) is 0.857. The summed E-state index contributed by atoms with van der Waals surface area (Å²) in [6.45, 7) is 2.15. The van der Waals surface area contributed by atoms with Crippen LogP contribution in [0.3, 0.4) is 0 Å². The summed E-state index contributed by atoms with van der Waals surface area (Å²) in [5, 5.41) is 2.36. The molecule has 0 fully saturated rings. The molecule has 0 unspecified atom stereocenters. The first-order chi connectivity index (χ1) is 6.45. The van der Waals surface area contributed by atoms with Gasteiger partial charge >= 0.3 is 12.3 Å². The average molecular weight is 231 g/mol. The summed E-state index contributed by atoms with van der Waals surface area (Å²) < 4.78 is 39.4. The van der Waals surface area contributed by atoms with Crippen molar-refractivity contribution in [3.8, 4) is 0 Å². The zero-order valence-corrected chi connectivity index (χ0v) is 8.50. The van der Waals surface area contributed by atoms with Gasteiger partial charge < -0.3 is 10.1 Å². The average Bonchev–Trinajstić information content (AvgIpc) is 2.02. The Morgan fingerprint density at radius 1 is 1.50 bits per heavy atom. The van der Waals surface area contributed by atoms with Crippen molar-refractivity contribution in [2.75, 3.05) is 24.7 Å². The molecule has 0 aromatic carbocycles. The number of rotatable bonds is 5. The summed E-state index contributed by atoms with van der Waals surface area (Å²) in [5.41, 5.74) is 0. The first-order valence-electron chi connectivity index (χ1n) is 4.01. The van der Waals surface area contributed by atoms with Crippen LogP contribution in [0.1, 0.15) is 6.92 Å². The Morgan fingerprint density at radius 3 is 2.64 bits per heavy atom. The van der Waals surface area contributed by atoms with E-state index in [9.17, 15) is 18.0 Å². The first kappa shape index (κ1) is 13.4. The molecule has 0 aliphatic rings. The lowest BCUT2D eigenvalue weighted by Crippen LogP contribution is -2.24.